The number of anilines is 1. The smallest absolute Gasteiger partial charge is 0.308 e. The molecule has 0 aliphatic carbocycles. The molecule has 1 aromatic carbocycles. The Morgan fingerprint density at radius 2 is 2.05 bits per heavy atom. The first-order valence-electron chi connectivity index (χ1n) is 5.63. The summed E-state index contributed by atoms with van der Waals surface area (Å²) in [6.07, 6.45) is -3.76. The number of halogens is 2. The van der Waals surface area contributed by atoms with Crippen LogP contribution in [0.25, 0.3) is 0 Å². The number of nitrogen functional groups attached to an aromatic ring is 1. The molecule has 2 atom stereocenters. The summed E-state index contributed by atoms with van der Waals surface area (Å²) in [6, 6.07) is 1.36. The Kier molecular flexibility index (Phi) is 5.20. The lowest BCUT2D eigenvalue weighted by Crippen LogP contribution is -2.24. The van der Waals surface area contributed by atoms with Crippen molar-refractivity contribution in [2.75, 3.05) is 12.3 Å². The Hall–Kier alpha value is -1.73. The molecule has 4 N–H and O–H groups in total. The van der Waals surface area contributed by atoms with Crippen molar-refractivity contribution in [3.05, 3.63) is 29.3 Å². The van der Waals surface area contributed by atoms with E-state index >= 15 is 0 Å². The lowest BCUT2D eigenvalue weighted by atomic mass is 10.00. The van der Waals surface area contributed by atoms with Gasteiger partial charge in [0.05, 0.1) is 24.8 Å². The van der Waals surface area contributed by atoms with Gasteiger partial charge in [-0.25, -0.2) is 8.78 Å². The third-order valence-electron chi connectivity index (χ3n) is 2.49. The molecule has 19 heavy (non-hydrogen) atoms. The van der Waals surface area contributed by atoms with E-state index < -0.39 is 41.9 Å². The van der Waals surface area contributed by atoms with Crippen LogP contribution in [0, 0.1) is 11.6 Å². The van der Waals surface area contributed by atoms with Crippen molar-refractivity contribution >= 4 is 11.7 Å². The molecule has 2 unspecified atom stereocenters. The van der Waals surface area contributed by atoms with Crippen molar-refractivity contribution in [2.45, 2.75) is 25.6 Å². The highest BCUT2D eigenvalue weighted by Crippen LogP contribution is 2.27. The summed E-state index contributed by atoms with van der Waals surface area (Å²) in [5, 5.41) is 19.4. The van der Waals surface area contributed by atoms with Crippen LogP contribution in [0.2, 0.25) is 0 Å². The lowest BCUT2D eigenvalue weighted by molar-refractivity contribution is -0.147. The second-order valence-electron chi connectivity index (χ2n) is 3.91. The Labute approximate surface area is 108 Å². The number of hydrogen-bond acceptors (Lipinski definition) is 5. The van der Waals surface area contributed by atoms with Gasteiger partial charge in [0.2, 0.25) is 0 Å². The zero-order valence-corrected chi connectivity index (χ0v) is 10.3. The number of benzene rings is 1. The average molecular weight is 275 g/mol. The van der Waals surface area contributed by atoms with Gasteiger partial charge < -0.3 is 20.7 Å². The summed E-state index contributed by atoms with van der Waals surface area (Å²) < 4.78 is 30.8. The highest BCUT2D eigenvalue weighted by molar-refractivity contribution is 5.70. The number of hydrogen-bond donors (Lipinski definition) is 3. The molecule has 0 aliphatic rings. The normalized spacial score (nSPS) is 13.9. The quantitative estimate of drug-likeness (QED) is 0.548. The van der Waals surface area contributed by atoms with Crippen molar-refractivity contribution in [3.8, 4) is 0 Å². The average Bonchev–Trinajstić information content (AvgIpc) is 2.33. The molecule has 0 heterocycles. The van der Waals surface area contributed by atoms with Gasteiger partial charge in [0.25, 0.3) is 0 Å². The molecule has 0 aliphatic heterocycles. The van der Waals surface area contributed by atoms with E-state index in [-0.39, 0.29) is 12.2 Å². The Bertz CT molecular complexity index is 467. The van der Waals surface area contributed by atoms with Gasteiger partial charge in [-0.1, -0.05) is 0 Å². The van der Waals surface area contributed by atoms with Crippen LogP contribution in [-0.4, -0.2) is 28.9 Å². The third kappa shape index (κ3) is 3.87. The third-order valence-corrected chi connectivity index (χ3v) is 2.49. The minimum Gasteiger partial charge on any atom is -0.466 e. The molecule has 5 nitrogen and oxygen atoms in total. The van der Waals surface area contributed by atoms with Gasteiger partial charge in [0.15, 0.2) is 0 Å². The Morgan fingerprint density at radius 3 is 2.63 bits per heavy atom. The van der Waals surface area contributed by atoms with Gasteiger partial charge in [-0.05, 0) is 13.0 Å². The van der Waals surface area contributed by atoms with Crippen molar-refractivity contribution in [2.24, 2.45) is 0 Å². The van der Waals surface area contributed by atoms with Gasteiger partial charge in [0, 0.05) is 11.6 Å². The Balaban J connectivity index is 2.88. The van der Waals surface area contributed by atoms with Crippen LogP contribution < -0.4 is 5.73 Å². The van der Waals surface area contributed by atoms with E-state index in [0.717, 1.165) is 6.07 Å². The first-order valence-corrected chi connectivity index (χ1v) is 5.63. The summed E-state index contributed by atoms with van der Waals surface area (Å²) in [5.74, 6) is -2.72. The molecule has 0 amide bonds. The molecule has 0 spiro atoms. The zero-order chi connectivity index (χ0) is 14.6. The maximum atomic E-state index is 13.2. The molecule has 0 bridgehead atoms. The van der Waals surface area contributed by atoms with E-state index in [1.807, 2.05) is 0 Å². The fourth-order valence-electron chi connectivity index (χ4n) is 1.56. The topological polar surface area (TPSA) is 92.8 Å². The fraction of sp³-hybridized carbons (Fsp3) is 0.417. The van der Waals surface area contributed by atoms with Gasteiger partial charge in [0.1, 0.15) is 17.7 Å². The summed E-state index contributed by atoms with van der Waals surface area (Å²) in [6.45, 7) is 1.71. The number of aliphatic hydroxyl groups excluding tert-OH is 2. The molecule has 0 radical (unpaired) electrons. The second-order valence-corrected chi connectivity index (χ2v) is 3.91. The molecular weight excluding hydrogens is 260 g/mol. The van der Waals surface area contributed by atoms with E-state index in [0.29, 0.717) is 6.07 Å². The predicted molar refractivity (Wildman–Crippen MR) is 63.0 cm³/mol. The summed E-state index contributed by atoms with van der Waals surface area (Å²) in [7, 11) is 0. The SMILES string of the molecule is CCOC(=O)CC(O)C(O)c1cc(F)cc(F)c1N. The van der Waals surface area contributed by atoms with Gasteiger partial charge in [-0.15, -0.1) is 0 Å². The number of rotatable bonds is 5. The first kappa shape index (κ1) is 15.3. The van der Waals surface area contributed by atoms with Crippen molar-refractivity contribution in [1.29, 1.82) is 0 Å². The van der Waals surface area contributed by atoms with E-state index in [2.05, 4.69) is 4.74 Å². The molecule has 0 fully saturated rings. The fourth-order valence-corrected chi connectivity index (χ4v) is 1.56. The number of esters is 1. The maximum Gasteiger partial charge on any atom is 0.308 e. The number of carbonyl (C=O) groups excluding carboxylic acids is 1. The Morgan fingerprint density at radius 1 is 1.42 bits per heavy atom. The van der Waals surface area contributed by atoms with Gasteiger partial charge >= 0.3 is 5.97 Å². The van der Waals surface area contributed by atoms with Crippen molar-refractivity contribution < 1.29 is 28.5 Å². The zero-order valence-electron chi connectivity index (χ0n) is 10.3. The molecule has 1 rings (SSSR count). The number of ether oxygens (including phenoxy) is 1. The van der Waals surface area contributed by atoms with Crippen LogP contribution in [0.15, 0.2) is 12.1 Å². The first-order chi connectivity index (χ1) is 8.86. The van der Waals surface area contributed by atoms with Crippen molar-refractivity contribution in [1.82, 2.24) is 0 Å². The van der Waals surface area contributed by atoms with Crippen LogP contribution >= 0.6 is 0 Å². The van der Waals surface area contributed by atoms with Crippen molar-refractivity contribution in [3.63, 3.8) is 0 Å². The molecule has 0 saturated carbocycles. The summed E-state index contributed by atoms with van der Waals surface area (Å²) in [5.41, 5.74) is 4.56. The second kappa shape index (κ2) is 6.44. The van der Waals surface area contributed by atoms with Crippen LogP contribution in [0.3, 0.4) is 0 Å². The van der Waals surface area contributed by atoms with E-state index in [1.54, 1.807) is 6.92 Å². The maximum absolute atomic E-state index is 13.2. The summed E-state index contributed by atoms with van der Waals surface area (Å²) >= 11 is 0. The van der Waals surface area contributed by atoms with Crippen LogP contribution in [0.1, 0.15) is 25.0 Å². The minimum atomic E-state index is -1.69. The molecule has 7 heteroatoms. The predicted octanol–water partition coefficient (Wildman–Crippen LogP) is 0.895. The highest BCUT2D eigenvalue weighted by atomic mass is 19.1. The van der Waals surface area contributed by atoms with Crippen LogP contribution in [-0.2, 0) is 9.53 Å². The number of nitrogens with two attached hydrogens (primary N) is 1. The van der Waals surface area contributed by atoms with Gasteiger partial charge in [-0.2, -0.15) is 0 Å². The van der Waals surface area contributed by atoms with Crippen LogP contribution in [0.5, 0.6) is 0 Å². The molecule has 0 saturated heterocycles. The molecule has 1 aromatic rings. The highest BCUT2D eigenvalue weighted by Gasteiger charge is 2.25. The largest absolute Gasteiger partial charge is 0.466 e. The standard InChI is InChI=1S/C12H15F2NO4/c1-2-19-10(17)5-9(16)12(18)7-3-6(13)4-8(14)11(7)15/h3-4,9,12,16,18H,2,5,15H2,1H3. The lowest BCUT2D eigenvalue weighted by Gasteiger charge is -2.19. The summed E-state index contributed by atoms with van der Waals surface area (Å²) in [4.78, 5) is 11.1. The van der Waals surface area contributed by atoms with E-state index in [4.69, 9.17) is 5.73 Å². The molecular formula is C12H15F2NO4. The monoisotopic (exact) mass is 275 g/mol. The van der Waals surface area contributed by atoms with Gasteiger partial charge in [-0.3, -0.25) is 4.79 Å². The van der Waals surface area contributed by atoms with Crippen LogP contribution in [0.4, 0.5) is 14.5 Å². The number of carbonyl (C=O) groups is 1. The van der Waals surface area contributed by atoms with E-state index in [9.17, 15) is 23.8 Å². The molecule has 106 valence electrons. The number of aliphatic hydroxyl groups is 2. The van der Waals surface area contributed by atoms with E-state index in [1.165, 1.54) is 0 Å². The molecule has 0 aromatic heterocycles. The minimum absolute atomic E-state index is 0.123.